The fraction of sp³-hybridized carbons (Fsp3) is 0.562. The van der Waals surface area contributed by atoms with Crippen LogP contribution in [0.25, 0.3) is 0 Å². The monoisotopic (exact) mass is 373 g/mol. The number of rotatable bonds is 5. The Morgan fingerprint density at radius 3 is 2.88 bits per heavy atom. The average molecular weight is 374 g/mol. The van der Waals surface area contributed by atoms with Crippen molar-refractivity contribution in [3.8, 4) is 0 Å². The molecular weight excluding hydrogens is 350 g/mol. The van der Waals surface area contributed by atoms with Gasteiger partial charge in [-0.25, -0.2) is 13.1 Å². The summed E-state index contributed by atoms with van der Waals surface area (Å²) in [4.78, 5) is 14.5. The van der Waals surface area contributed by atoms with Crippen molar-refractivity contribution in [1.29, 1.82) is 0 Å². The third-order valence-corrected chi connectivity index (χ3v) is 6.17. The number of fused-ring (bicyclic) bond motifs is 1. The van der Waals surface area contributed by atoms with Gasteiger partial charge in [-0.3, -0.25) is 4.79 Å². The van der Waals surface area contributed by atoms with Crippen molar-refractivity contribution in [1.82, 2.24) is 10.0 Å². The third kappa shape index (κ3) is 3.91. The normalized spacial score (nSPS) is 19.9. The van der Waals surface area contributed by atoms with Gasteiger partial charge in [0.15, 0.2) is 0 Å². The molecule has 1 saturated heterocycles. The van der Waals surface area contributed by atoms with Gasteiger partial charge >= 0.3 is 0 Å². The summed E-state index contributed by atoms with van der Waals surface area (Å²) in [5.74, 6) is 0.673. The number of hydrogen-bond acceptors (Lipinski definition) is 4. The van der Waals surface area contributed by atoms with E-state index in [1.165, 1.54) is 7.05 Å². The number of carbonyl (C=O) groups excluding carboxylic acids is 1. The number of halogens is 1. The molecule has 134 valence electrons. The lowest BCUT2D eigenvalue weighted by Crippen LogP contribution is -2.29. The van der Waals surface area contributed by atoms with Gasteiger partial charge in [0.2, 0.25) is 15.9 Å². The SMILES string of the molecule is CNS(=O)(=O)c1ccc2c(c1)N(C(=O)CCC1CCNC1)CC2.Cl. The summed E-state index contributed by atoms with van der Waals surface area (Å²) in [6, 6.07) is 5.03. The van der Waals surface area contributed by atoms with Gasteiger partial charge in [0.1, 0.15) is 0 Å². The van der Waals surface area contributed by atoms with Gasteiger partial charge in [-0.2, -0.15) is 0 Å². The maximum absolute atomic E-state index is 12.5. The van der Waals surface area contributed by atoms with E-state index in [1.54, 1.807) is 17.0 Å². The molecule has 24 heavy (non-hydrogen) atoms. The number of anilines is 1. The van der Waals surface area contributed by atoms with Gasteiger partial charge in [-0.1, -0.05) is 6.07 Å². The Morgan fingerprint density at radius 1 is 1.42 bits per heavy atom. The van der Waals surface area contributed by atoms with E-state index in [4.69, 9.17) is 0 Å². The van der Waals surface area contributed by atoms with Gasteiger partial charge in [0, 0.05) is 18.7 Å². The molecule has 2 N–H and O–H groups in total. The zero-order valence-corrected chi connectivity index (χ0v) is 15.4. The number of nitrogens with one attached hydrogen (secondary N) is 2. The maximum Gasteiger partial charge on any atom is 0.240 e. The molecule has 0 bridgehead atoms. The van der Waals surface area contributed by atoms with E-state index in [0.717, 1.165) is 43.6 Å². The Balaban J connectivity index is 0.00000208. The van der Waals surface area contributed by atoms with Crippen LogP contribution in [0.3, 0.4) is 0 Å². The van der Waals surface area contributed by atoms with Crippen LogP contribution in [-0.4, -0.2) is 41.0 Å². The molecule has 0 radical (unpaired) electrons. The lowest BCUT2D eigenvalue weighted by atomic mass is 10.0. The van der Waals surface area contributed by atoms with Crippen LogP contribution in [0.4, 0.5) is 5.69 Å². The van der Waals surface area contributed by atoms with Crippen LogP contribution >= 0.6 is 12.4 Å². The lowest BCUT2D eigenvalue weighted by Gasteiger charge is -2.19. The minimum absolute atomic E-state index is 0. The molecule has 0 spiro atoms. The van der Waals surface area contributed by atoms with Crippen LogP contribution in [0.5, 0.6) is 0 Å². The van der Waals surface area contributed by atoms with E-state index in [-0.39, 0.29) is 23.2 Å². The van der Waals surface area contributed by atoms with E-state index in [0.29, 0.717) is 18.9 Å². The molecule has 0 aliphatic carbocycles. The molecular formula is C16H24ClN3O3S. The van der Waals surface area contributed by atoms with Crippen LogP contribution in [-0.2, 0) is 21.2 Å². The summed E-state index contributed by atoms with van der Waals surface area (Å²) < 4.78 is 26.2. The summed E-state index contributed by atoms with van der Waals surface area (Å²) in [7, 11) is -2.10. The molecule has 1 aromatic carbocycles. The highest BCUT2D eigenvalue weighted by atomic mass is 35.5. The third-order valence-electron chi connectivity index (χ3n) is 4.76. The van der Waals surface area contributed by atoms with Crippen LogP contribution in [0, 0.1) is 5.92 Å². The van der Waals surface area contributed by atoms with Crippen molar-refractivity contribution in [2.75, 3.05) is 31.6 Å². The van der Waals surface area contributed by atoms with Crippen LogP contribution in [0.1, 0.15) is 24.8 Å². The summed E-state index contributed by atoms with van der Waals surface area (Å²) in [6.45, 7) is 2.67. The van der Waals surface area contributed by atoms with Crippen LogP contribution < -0.4 is 14.9 Å². The van der Waals surface area contributed by atoms with E-state index in [2.05, 4.69) is 10.0 Å². The molecule has 2 aliphatic rings. The molecule has 0 aromatic heterocycles. The first-order valence-electron chi connectivity index (χ1n) is 8.09. The first-order chi connectivity index (χ1) is 11.0. The molecule has 2 heterocycles. The number of nitrogens with zero attached hydrogens (tertiary/aromatic N) is 1. The molecule has 6 nitrogen and oxygen atoms in total. The Hall–Kier alpha value is -1.15. The van der Waals surface area contributed by atoms with Gasteiger partial charge in [0.05, 0.1) is 4.90 Å². The van der Waals surface area contributed by atoms with Crippen molar-refractivity contribution in [3.63, 3.8) is 0 Å². The molecule has 0 saturated carbocycles. The minimum atomic E-state index is -3.49. The van der Waals surface area contributed by atoms with Crippen molar-refractivity contribution in [3.05, 3.63) is 23.8 Å². The standard InChI is InChI=1S/C16H23N3O3S.ClH/c1-17-23(21,22)14-4-3-13-7-9-19(15(13)10-14)16(20)5-2-12-6-8-18-11-12;/h3-4,10,12,17-18H,2,5-9,11H2,1H3;1H. The predicted octanol–water partition coefficient (Wildman–Crippen LogP) is 1.30. The van der Waals surface area contributed by atoms with Crippen LogP contribution in [0.2, 0.25) is 0 Å². The highest BCUT2D eigenvalue weighted by Crippen LogP contribution is 2.31. The highest BCUT2D eigenvalue weighted by Gasteiger charge is 2.27. The van der Waals surface area contributed by atoms with Gasteiger partial charge in [-0.05, 0) is 63.0 Å². The number of benzene rings is 1. The zero-order chi connectivity index (χ0) is 16.4. The van der Waals surface area contributed by atoms with Crippen molar-refractivity contribution >= 4 is 34.0 Å². The molecule has 8 heteroatoms. The summed E-state index contributed by atoms with van der Waals surface area (Å²) in [5.41, 5.74) is 1.78. The molecule has 3 rings (SSSR count). The first kappa shape index (κ1) is 19.2. The summed E-state index contributed by atoms with van der Waals surface area (Å²) >= 11 is 0. The Bertz CT molecular complexity index is 703. The molecule has 1 fully saturated rings. The smallest absolute Gasteiger partial charge is 0.240 e. The van der Waals surface area contributed by atoms with E-state index >= 15 is 0 Å². The van der Waals surface area contributed by atoms with E-state index in [1.807, 2.05) is 6.07 Å². The Labute approximate surface area is 149 Å². The molecule has 1 unspecified atom stereocenters. The van der Waals surface area contributed by atoms with Gasteiger partial charge < -0.3 is 10.2 Å². The fourth-order valence-corrected chi connectivity index (χ4v) is 4.08. The number of carbonyl (C=O) groups is 1. The summed E-state index contributed by atoms with van der Waals surface area (Å²) in [5, 5.41) is 3.31. The number of hydrogen-bond donors (Lipinski definition) is 2. The maximum atomic E-state index is 12.5. The van der Waals surface area contributed by atoms with Crippen LogP contribution in [0.15, 0.2) is 23.1 Å². The van der Waals surface area contributed by atoms with Gasteiger partial charge in [-0.15, -0.1) is 12.4 Å². The summed E-state index contributed by atoms with van der Waals surface area (Å²) in [6.07, 6.45) is 3.33. The quantitative estimate of drug-likeness (QED) is 0.815. The van der Waals surface area contributed by atoms with E-state index < -0.39 is 10.0 Å². The zero-order valence-electron chi connectivity index (χ0n) is 13.7. The minimum Gasteiger partial charge on any atom is -0.316 e. The first-order valence-corrected chi connectivity index (χ1v) is 9.57. The average Bonchev–Trinajstić information content (AvgIpc) is 3.21. The second-order valence-electron chi connectivity index (χ2n) is 6.19. The number of amides is 1. The van der Waals surface area contributed by atoms with Crippen molar-refractivity contribution in [2.24, 2.45) is 5.92 Å². The van der Waals surface area contributed by atoms with Gasteiger partial charge in [0.25, 0.3) is 0 Å². The van der Waals surface area contributed by atoms with Crippen molar-refractivity contribution in [2.45, 2.75) is 30.6 Å². The topological polar surface area (TPSA) is 78.5 Å². The molecule has 1 amide bonds. The lowest BCUT2D eigenvalue weighted by molar-refractivity contribution is -0.118. The second kappa shape index (κ2) is 7.82. The molecule has 2 aliphatic heterocycles. The largest absolute Gasteiger partial charge is 0.316 e. The second-order valence-corrected chi connectivity index (χ2v) is 8.08. The molecule has 1 aromatic rings. The van der Waals surface area contributed by atoms with E-state index in [9.17, 15) is 13.2 Å². The predicted molar refractivity (Wildman–Crippen MR) is 96.2 cm³/mol. The fourth-order valence-electron chi connectivity index (χ4n) is 3.33. The Morgan fingerprint density at radius 2 is 2.21 bits per heavy atom. The number of sulfonamides is 1. The van der Waals surface area contributed by atoms with Crippen molar-refractivity contribution < 1.29 is 13.2 Å². The molecule has 1 atom stereocenters. The Kier molecular flexibility index (Phi) is 6.25. The highest BCUT2D eigenvalue weighted by molar-refractivity contribution is 7.89.